The summed E-state index contributed by atoms with van der Waals surface area (Å²) < 4.78 is 60.6. The van der Waals surface area contributed by atoms with E-state index >= 15 is 0 Å². The summed E-state index contributed by atoms with van der Waals surface area (Å²) in [5.41, 5.74) is 0.990. The van der Waals surface area contributed by atoms with Crippen LogP contribution in [0.25, 0.3) is 22.8 Å². The third-order valence-corrected chi connectivity index (χ3v) is 7.36. The number of aliphatic carboxylic acids is 1. The van der Waals surface area contributed by atoms with Crippen LogP contribution in [-0.2, 0) is 17.5 Å². The van der Waals surface area contributed by atoms with E-state index in [1.54, 1.807) is 17.0 Å². The van der Waals surface area contributed by atoms with Gasteiger partial charge in [-0.15, -0.1) is 0 Å². The molecule has 1 N–H and O–H groups in total. The average molecular weight is 533 g/mol. The quantitative estimate of drug-likeness (QED) is 0.419. The Morgan fingerprint density at radius 3 is 2.39 bits per heavy atom. The molecule has 2 atom stereocenters. The standard InChI is InChI=1S/C27H28F4N4O3/c1-16-13-34(15-21(16)26(36)37)14-17-2-4-18(5-3-17)25-32-24(33-38-25)19-6-7-23(22(12-19)27(29,30)31)35-10-8-20(28)9-11-35/h2-7,12,16,20-21H,8-11,13-15H2,1H3,(H,36,37). The van der Waals surface area contributed by atoms with Gasteiger partial charge in [-0.3, -0.25) is 9.69 Å². The number of halogens is 4. The molecule has 2 aliphatic rings. The van der Waals surface area contributed by atoms with Crippen LogP contribution in [0.1, 0.15) is 30.9 Å². The first kappa shape index (κ1) is 26.1. The number of carboxylic acid groups (broad SMARTS) is 1. The van der Waals surface area contributed by atoms with E-state index < -0.39 is 23.9 Å². The van der Waals surface area contributed by atoms with Gasteiger partial charge in [-0.05, 0) is 54.7 Å². The number of hydrogen-bond acceptors (Lipinski definition) is 6. The summed E-state index contributed by atoms with van der Waals surface area (Å²) in [5.74, 6) is -0.858. The highest BCUT2D eigenvalue weighted by Gasteiger charge is 2.37. The van der Waals surface area contributed by atoms with Gasteiger partial charge in [0.2, 0.25) is 5.82 Å². The van der Waals surface area contributed by atoms with Gasteiger partial charge in [0.05, 0.1) is 11.5 Å². The van der Waals surface area contributed by atoms with E-state index in [9.17, 15) is 27.5 Å². The minimum Gasteiger partial charge on any atom is -0.481 e. The van der Waals surface area contributed by atoms with Crippen molar-refractivity contribution in [3.8, 4) is 22.8 Å². The smallest absolute Gasteiger partial charge is 0.418 e. The van der Waals surface area contributed by atoms with Crippen LogP contribution in [0.15, 0.2) is 47.0 Å². The highest BCUT2D eigenvalue weighted by Crippen LogP contribution is 2.40. The van der Waals surface area contributed by atoms with Gasteiger partial charge in [0.15, 0.2) is 0 Å². The molecule has 11 heteroatoms. The summed E-state index contributed by atoms with van der Waals surface area (Å²) in [6.07, 6.45) is -5.18. The van der Waals surface area contributed by atoms with Crippen molar-refractivity contribution in [2.75, 3.05) is 31.1 Å². The number of benzene rings is 2. The second-order valence-electron chi connectivity index (χ2n) is 10.1. The molecule has 0 aliphatic carbocycles. The Hall–Kier alpha value is -3.47. The molecule has 38 heavy (non-hydrogen) atoms. The van der Waals surface area contributed by atoms with Gasteiger partial charge in [0.25, 0.3) is 5.89 Å². The van der Waals surface area contributed by atoms with Gasteiger partial charge in [0, 0.05) is 49.5 Å². The number of alkyl halides is 4. The van der Waals surface area contributed by atoms with Gasteiger partial charge < -0.3 is 14.5 Å². The molecule has 2 saturated heterocycles. The molecule has 1 aromatic heterocycles. The van der Waals surface area contributed by atoms with Gasteiger partial charge in [-0.25, -0.2) is 4.39 Å². The van der Waals surface area contributed by atoms with Crippen molar-refractivity contribution in [2.45, 2.75) is 38.7 Å². The molecule has 0 spiro atoms. The van der Waals surface area contributed by atoms with Gasteiger partial charge in [-0.1, -0.05) is 24.2 Å². The Kier molecular flexibility index (Phi) is 7.13. The van der Waals surface area contributed by atoms with Crippen molar-refractivity contribution in [1.29, 1.82) is 0 Å². The van der Waals surface area contributed by atoms with Crippen LogP contribution in [-0.4, -0.2) is 58.5 Å². The first-order valence-electron chi connectivity index (χ1n) is 12.6. The molecule has 2 aliphatic heterocycles. The summed E-state index contributed by atoms with van der Waals surface area (Å²) in [7, 11) is 0. The van der Waals surface area contributed by atoms with Crippen LogP contribution in [0.3, 0.4) is 0 Å². The van der Waals surface area contributed by atoms with Crippen LogP contribution in [0.4, 0.5) is 23.2 Å². The van der Waals surface area contributed by atoms with Crippen LogP contribution in [0, 0.1) is 11.8 Å². The fraction of sp³-hybridized carbons (Fsp3) is 0.444. The molecule has 0 saturated carbocycles. The molecule has 3 heterocycles. The van der Waals surface area contributed by atoms with Crippen LogP contribution in [0.5, 0.6) is 0 Å². The Morgan fingerprint density at radius 2 is 1.76 bits per heavy atom. The molecule has 0 amide bonds. The van der Waals surface area contributed by atoms with Crippen molar-refractivity contribution in [1.82, 2.24) is 15.0 Å². The number of nitrogens with zero attached hydrogens (tertiary/aromatic N) is 4. The fourth-order valence-electron chi connectivity index (χ4n) is 5.25. The summed E-state index contributed by atoms with van der Waals surface area (Å²) in [6, 6.07) is 11.3. The van der Waals surface area contributed by atoms with E-state index in [1.807, 2.05) is 19.1 Å². The van der Waals surface area contributed by atoms with Crippen molar-refractivity contribution in [3.05, 3.63) is 53.6 Å². The van der Waals surface area contributed by atoms with Crippen molar-refractivity contribution < 1.29 is 32.0 Å². The van der Waals surface area contributed by atoms with E-state index in [4.69, 9.17) is 4.52 Å². The lowest BCUT2D eigenvalue weighted by atomic mass is 9.99. The topological polar surface area (TPSA) is 82.7 Å². The SMILES string of the molecule is CC1CN(Cc2ccc(-c3nc(-c4ccc(N5CCC(F)CC5)c(C(F)(F)F)c4)no3)cc2)CC1C(=O)O. The maximum absolute atomic E-state index is 13.9. The van der Waals surface area contributed by atoms with E-state index in [-0.39, 0.29) is 60.7 Å². The third kappa shape index (κ3) is 5.52. The molecule has 2 fully saturated rings. The first-order valence-corrected chi connectivity index (χ1v) is 12.6. The zero-order valence-electron chi connectivity index (χ0n) is 20.8. The number of hydrogen-bond donors (Lipinski definition) is 1. The monoisotopic (exact) mass is 532 g/mol. The van der Waals surface area contributed by atoms with Gasteiger partial charge in [-0.2, -0.15) is 18.2 Å². The Bertz CT molecular complexity index is 1290. The number of aromatic nitrogens is 2. The Morgan fingerprint density at radius 1 is 1.08 bits per heavy atom. The number of carbonyl (C=O) groups is 1. The van der Waals surface area contributed by atoms with Crippen LogP contribution in [0.2, 0.25) is 0 Å². The van der Waals surface area contributed by atoms with E-state index in [2.05, 4.69) is 15.0 Å². The highest BCUT2D eigenvalue weighted by atomic mass is 19.4. The minimum absolute atomic E-state index is 0.0227. The molecule has 5 rings (SSSR count). The van der Waals surface area contributed by atoms with Crippen molar-refractivity contribution >= 4 is 11.7 Å². The highest BCUT2D eigenvalue weighted by molar-refractivity contribution is 5.71. The largest absolute Gasteiger partial charge is 0.481 e. The predicted molar refractivity (Wildman–Crippen MR) is 132 cm³/mol. The van der Waals surface area contributed by atoms with Gasteiger partial charge >= 0.3 is 12.1 Å². The zero-order valence-corrected chi connectivity index (χ0v) is 20.8. The van der Waals surface area contributed by atoms with E-state index in [0.29, 0.717) is 25.2 Å². The maximum atomic E-state index is 13.9. The first-order chi connectivity index (χ1) is 18.1. The molecule has 3 aromatic rings. The molecule has 7 nitrogen and oxygen atoms in total. The third-order valence-electron chi connectivity index (χ3n) is 7.36. The van der Waals surface area contributed by atoms with Crippen molar-refractivity contribution in [3.63, 3.8) is 0 Å². The molecular formula is C27H28F4N4O3. The molecule has 0 bridgehead atoms. The van der Waals surface area contributed by atoms with E-state index in [0.717, 1.165) is 11.6 Å². The lowest BCUT2D eigenvalue weighted by Crippen LogP contribution is -2.35. The average Bonchev–Trinajstić information content (AvgIpc) is 3.51. The lowest BCUT2D eigenvalue weighted by molar-refractivity contribution is -0.142. The van der Waals surface area contributed by atoms with Crippen LogP contribution >= 0.6 is 0 Å². The second-order valence-corrected chi connectivity index (χ2v) is 10.1. The molecule has 2 aromatic carbocycles. The molecule has 2 unspecified atom stereocenters. The fourth-order valence-corrected chi connectivity index (χ4v) is 5.25. The Labute approximate surface area is 217 Å². The number of likely N-dealkylation sites (tertiary alicyclic amines) is 1. The predicted octanol–water partition coefficient (Wildman–Crippen LogP) is 5.51. The van der Waals surface area contributed by atoms with Crippen LogP contribution < -0.4 is 4.90 Å². The normalized spacial score (nSPS) is 21.2. The lowest BCUT2D eigenvalue weighted by Gasteiger charge is -2.32. The number of piperidine rings is 1. The molecular weight excluding hydrogens is 504 g/mol. The Balaban J connectivity index is 1.31. The van der Waals surface area contributed by atoms with Crippen molar-refractivity contribution in [2.24, 2.45) is 11.8 Å². The number of anilines is 1. The summed E-state index contributed by atoms with van der Waals surface area (Å²) in [4.78, 5) is 19.3. The molecule has 0 radical (unpaired) electrons. The second kappa shape index (κ2) is 10.4. The number of carboxylic acids is 1. The minimum atomic E-state index is -4.60. The molecule has 202 valence electrons. The van der Waals surface area contributed by atoms with Gasteiger partial charge in [0.1, 0.15) is 6.17 Å². The van der Waals surface area contributed by atoms with E-state index in [1.165, 1.54) is 12.1 Å². The summed E-state index contributed by atoms with van der Waals surface area (Å²) >= 11 is 0. The summed E-state index contributed by atoms with van der Waals surface area (Å²) in [5, 5.41) is 13.2. The number of rotatable bonds is 6. The zero-order chi connectivity index (χ0) is 27.0. The summed E-state index contributed by atoms with van der Waals surface area (Å²) in [6.45, 7) is 4.20. The maximum Gasteiger partial charge on any atom is 0.418 e.